The monoisotopic (exact) mass is 309 g/mol. The van der Waals surface area contributed by atoms with E-state index in [9.17, 15) is 9.59 Å². The second-order valence-corrected chi connectivity index (χ2v) is 4.88. The number of methoxy groups -OCH3 is 1. The minimum Gasteiger partial charge on any atom is -0.497 e. The smallest absolute Gasteiger partial charge is 0.329 e. The Hall–Kier alpha value is -2.08. The lowest BCUT2D eigenvalue weighted by Gasteiger charge is -2.15. The highest BCUT2D eigenvalue weighted by Gasteiger charge is 2.14. The first-order valence-electron chi connectivity index (χ1n) is 7.27. The van der Waals surface area contributed by atoms with Gasteiger partial charge in [-0.15, -0.1) is 0 Å². The van der Waals surface area contributed by atoms with Crippen LogP contribution in [-0.2, 0) is 14.3 Å². The zero-order valence-electron chi connectivity index (χ0n) is 13.0. The summed E-state index contributed by atoms with van der Waals surface area (Å²) in [5, 5.41) is 11.1. The Morgan fingerprint density at radius 1 is 1.27 bits per heavy atom. The predicted octanol–water partition coefficient (Wildman–Crippen LogP) is 1.80. The lowest BCUT2D eigenvalue weighted by atomic mass is 9.93. The topological polar surface area (TPSA) is 84.9 Å². The second-order valence-electron chi connectivity index (χ2n) is 4.88. The molecule has 22 heavy (non-hydrogen) atoms. The highest BCUT2D eigenvalue weighted by atomic mass is 16.5. The summed E-state index contributed by atoms with van der Waals surface area (Å²) in [4.78, 5) is 22.2. The molecule has 0 aromatic heterocycles. The van der Waals surface area contributed by atoms with E-state index in [1.807, 2.05) is 31.2 Å². The number of carboxylic acids is 1. The lowest BCUT2D eigenvalue weighted by molar-refractivity contribution is -0.142. The average Bonchev–Trinajstić information content (AvgIpc) is 2.52. The summed E-state index contributed by atoms with van der Waals surface area (Å²) in [5.74, 6) is -0.150. The van der Waals surface area contributed by atoms with E-state index in [2.05, 4.69) is 5.32 Å². The van der Waals surface area contributed by atoms with Gasteiger partial charge in [0.2, 0.25) is 5.91 Å². The molecule has 122 valence electrons. The molecule has 0 saturated carbocycles. The standard InChI is InChI=1S/C16H23NO5/c1-3-12(13-4-6-14(21-2)7-5-13)10-15(18)17-8-9-22-11-16(19)20/h4-7,12H,3,8-11H2,1-2H3,(H,17,18)(H,19,20). The number of amides is 1. The minimum absolute atomic E-state index is 0.0680. The molecule has 1 unspecified atom stereocenters. The van der Waals surface area contributed by atoms with Crippen molar-refractivity contribution in [3.63, 3.8) is 0 Å². The Balaban J connectivity index is 2.37. The van der Waals surface area contributed by atoms with E-state index in [1.54, 1.807) is 7.11 Å². The fraction of sp³-hybridized carbons (Fsp3) is 0.500. The van der Waals surface area contributed by atoms with Crippen LogP contribution in [0.2, 0.25) is 0 Å². The van der Waals surface area contributed by atoms with Crippen LogP contribution in [0.1, 0.15) is 31.2 Å². The predicted molar refractivity (Wildman–Crippen MR) is 82.1 cm³/mol. The Bertz CT molecular complexity index is 472. The lowest BCUT2D eigenvalue weighted by Crippen LogP contribution is -2.29. The molecule has 0 spiro atoms. The first-order valence-corrected chi connectivity index (χ1v) is 7.27. The number of carbonyl (C=O) groups excluding carboxylic acids is 1. The van der Waals surface area contributed by atoms with E-state index in [4.69, 9.17) is 14.6 Å². The molecule has 2 N–H and O–H groups in total. The van der Waals surface area contributed by atoms with Crippen LogP contribution in [0.25, 0.3) is 0 Å². The molecule has 0 radical (unpaired) electrons. The van der Waals surface area contributed by atoms with Gasteiger partial charge in [-0.05, 0) is 30.0 Å². The summed E-state index contributed by atoms with van der Waals surface area (Å²) in [5.41, 5.74) is 1.10. The van der Waals surface area contributed by atoms with Crippen LogP contribution in [0.4, 0.5) is 0 Å². The molecule has 0 fully saturated rings. The number of carboxylic acid groups (broad SMARTS) is 1. The van der Waals surface area contributed by atoms with E-state index in [-0.39, 0.29) is 25.0 Å². The molecular weight excluding hydrogens is 286 g/mol. The number of nitrogens with one attached hydrogen (secondary N) is 1. The maximum absolute atomic E-state index is 11.9. The third kappa shape index (κ3) is 6.58. The number of rotatable bonds is 10. The normalized spacial score (nSPS) is 11.7. The van der Waals surface area contributed by atoms with Crippen molar-refractivity contribution in [3.05, 3.63) is 29.8 Å². The zero-order valence-corrected chi connectivity index (χ0v) is 13.0. The molecule has 1 rings (SSSR count). The summed E-state index contributed by atoms with van der Waals surface area (Å²) in [6, 6.07) is 7.71. The van der Waals surface area contributed by atoms with Gasteiger partial charge in [-0.25, -0.2) is 4.79 Å². The van der Waals surface area contributed by atoms with Crippen molar-refractivity contribution in [2.24, 2.45) is 0 Å². The van der Waals surface area contributed by atoms with E-state index in [0.717, 1.165) is 17.7 Å². The first-order chi connectivity index (χ1) is 10.6. The van der Waals surface area contributed by atoms with Gasteiger partial charge >= 0.3 is 5.97 Å². The van der Waals surface area contributed by atoms with Gasteiger partial charge < -0.3 is 19.9 Å². The molecule has 1 aromatic carbocycles. The maximum atomic E-state index is 11.9. The first kappa shape index (κ1) is 18.0. The maximum Gasteiger partial charge on any atom is 0.329 e. The third-order valence-corrected chi connectivity index (χ3v) is 3.31. The van der Waals surface area contributed by atoms with Gasteiger partial charge in [0, 0.05) is 13.0 Å². The van der Waals surface area contributed by atoms with Crippen molar-refractivity contribution < 1.29 is 24.2 Å². The fourth-order valence-electron chi connectivity index (χ4n) is 2.09. The molecule has 1 amide bonds. The van der Waals surface area contributed by atoms with Crippen molar-refractivity contribution >= 4 is 11.9 Å². The molecule has 0 saturated heterocycles. The molecule has 1 atom stereocenters. The van der Waals surface area contributed by atoms with Gasteiger partial charge in [-0.1, -0.05) is 19.1 Å². The van der Waals surface area contributed by atoms with Gasteiger partial charge in [-0.2, -0.15) is 0 Å². The largest absolute Gasteiger partial charge is 0.497 e. The molecule has 6 heteroatoms. The van der Waals surface area contributed by atoms with Crippen molar-refractivity contribution in [2.75, 3.05) is 26.9 Å². The highest BCUT2D eigenvalue weighted by molar-refractivity contribution is 5.76. The Morgan fingerprint density at radius 3 is 2.50 bits per heavy atom. The number of aliphatic carboxylic acids is 1. The van der Waals surface area contributed by atoms with Gasteiger partial charge in [0.05, 0.1) is 13.7 Å². The quantitative estimate of drug-likeness (QED) is 0.644. The summed E-state index contributed by atoms with van der Waals surface area (Å²) in [6.07, 6.45) is 1.25. The van der Waals surface area contributed by atoms with Gasteiger partial charge in [0.15, 0.2) is 0 Å². The molecule has 0 aliphatic heterocycles. The Kier molecular flexibility index (Phi) is 7.99. The SMILES string of the molecule is CCC(CC(=O)NCCOCC(=O)O)c1ccc(OC)cc1. The second kappa shape index (κ2) is 9.78. The van der Waals surface area contributed by atoms with Gasteiger partial charge in [-0.3, -0.25) is 4.79 Å². The molecule has 0 bridgehead atoms. The van der Waals surface area contributed by atoms with Crippen LogP contribution in [0.15, 0.2) is 24.3 Å². The molecule has 1 aromatic rings. The number of ether oxygens (including phenoxy) is 2. The Morgan fingerprint density at radius 2 is 1.95 bits per heavy atom. The zero-order chi connectivity index (χ0) is 16.4. The summed E-state index contributed by atoms with van der Waals surface area (Å²) < 4.78 is 9.98. The van der Waals surface area contributed by atoms with Crippen LogP contribution in [0.3, 0.4) is 0 Å². The van der Waals surface area contributed by atoms with E-state index in [0.29, 0.717) is 13.0 Å². The molecule has 6 nitrogen and oxygen atoms in total. The van der Waals surface area contributed by atoms with Crippen LogP contribution in [-0.4, -0.2) is 43.9 Å². The van der Waals surface area contributed by atoms with Crippen molar-refractivity contribution in [1.82, 2.24) is 5.32 Å². The average molecular weight is 309 g/mol. The number of hydrogen-bond acceptors (Lipinski definition) is 4. The van der Waals surface area contributed by atoms with Gasteiger partial charge in [0.1, 0.15) is 12.4 Å². The van der Waals surface area contributed by atoms with Crippen molar-refractivity contribution in [1.29, 1.82) is 0 Å². The van der Waals surface area contributed by atoms with Crippen molar-refractivity contribution in [3.8, 4) is 5.75 Å². The fourth-order valence-corrected chi connectivity index (χ4v) is 2.09. The Labute approximate surface area is 130 Å². The summed E-state index contributed by atoms with van der Waals surface area (Å²) in [6.45, 7) is 2.19. The summed E-state index contributed by atoms with van der Waals surface area (Å²) in [7, 11) is 1.62. The van der Waals surface area contributed by atoms with E-state index in [1.165, 1.54) is 0 Å². The van der Waals surface area contributed by atoms with Crippen molar-refractivity contribution in [2.45, 2.75) is 25.7 Å². The highest BCUT2D eigenvalue weighted by Crippen LogP contribution is 2.25. The van der Waals surface area contributed by atoms with E-state index < -0.39 is 5.97 Å². The molecular formula is C16H23NO5. The minimum atomic E-state index is -1.02. The van der Waals surface area contributed by atoms with Crippen LogP contribution in [0.5, 0.6) is 5.75 Å². The summed E-state index contributed by atoms with van der Waals surface area (Å²) >= 11 is 0. The van der Waals surface area contributed by atoms with E-state index >= 15 is 0 Å². The van der Waals surface area contributed by atoms with Crippen LogP contribution in [0, 0.1) is 0 Å². The number of hydrogen-bond donors (Lipinski definition) is 2. The molecule has 0 aliphatic carbocycles. The number of carbonyl (C=O) groups is 2. The third-order valence-electron chi connectivity index (χ3n) is 3.31. The molecule has 0 heterocycles. The van der Waals surface area contributed by atoms with Crippen LogP contribution >= 0.6 is 0 Å². The van der Waals surface area contributed by atoms with Gasteiger partial charge in [0.25, 0.3) is 0 Å². The number of benzene rings is 1. The molecule has 0 aliphatic rings. The van der Waals surface area contributed by atoms with Crippen LogP contribution < -0.4 is 10.1 Å².